The van der Waals surface area contributed by atoms with E-state index in [1.54, 1.807) is 0 Å². The number of halogens is 3. The van der Waals surface area contributed by atoms with Gasteiger partial charge in [0.25, 0.3) is 5.69 Å². The van der Waals surface area contributed by atoms with E-state index < -0.39 is 24.3 Å². The first-order chi connectivity index (χ1) is 17.1. The molecule has 1 saturated heterocycles. The lowest BCUT2D eigenvalue weighted by Gasteiger charge is -2.21. The summed E-state index contributed by atoms with van der Waals surface area (Å²) in [4.78, 5) is 16.0. The minimum atomic E-state index is -4.61. The van der Waals surface area contributed by atoms with Crippen LogP contribution in [-0.2, 0) is 11.0 Å². The number of aromatic nitrogens is 1. The Labute approximate surface area is 210 Å². The quantitative estimate of drug-likeness (QED) is 0.408. The van der Waals surface area contributed by atoms with E-state index >= 15 is 0 Å². The van der Waals surface area contributed by atoms with Crippen LogP contribution in [0.5, 0.6) is 5.75 Å². The van der Waals surface area contributed by atoms with E-state index in [4.69, 9.17) is 4.74 Å². The summed E-state index contributed by atoms with van der Waals surface area (Å²) >= 11 is 0. The van der Waals surface area contributed by atoms with Crippen molar-refractivity contribution in [3.05, 3.63) is 47.8 Å². The molecule has 0 amide bonds. The third kappa shape index (κ3) is 5.52. The van der Waals surface area contributed by atoms with E-state index in [1.807, 2.05) is 32.2 Å². The van der Waals surface area contributed by atoms with Crippen LogP contribution in [0, 0.1) is 11.8 Å². The fraction of sp³-hybridized carbons (Fsp3) is 0.400. The van der Waals surface area contributed by atoms with Gasteiger partial charge in [0.15, 0.2) is 11.9 Å². The summed E-state index contributed by atoms with van der Waals surface area (Å²) in [6, 6.07) is 8.96. The number of carboxylic acids is 1. The number of alkyl halides is 3. The van der Waals surface area contributed by atoms with Crippen molar-refractivity contribution < 1.29 is 32.5 Å². The molecule has 11 heteroatoms. The molecule has 1 fully saturated rings. The zero-order valence-electron chi connectivity index (χ0n) is 20.2. The van der Waals surface area contributed by atoms with Crippen LogP contribution in [0.25, 0.3) is 0 Å². The molecule has 0 saturated carbocycles. The zero-order valence-corrected chi connectivity index (χ0v) is 21.0. The predicted molar refractivity (Wildman–Crippen MR) is 133 cm³/mol. The number of benzene rings is 1. The fourth-order valence-corrected chi connectivity index (χ4v) is 6.41. The van der Waals surface area contributed by atoms with Gasteiger partial charge in [0.1, 0.15) is 11.5 Å². The highest BCUT2D eigenvalue weighted by molar-refractivity contribution is 8.13. The topological polar surface area (TPSA) is 78.0 Å². The molecular weight excluding hydrogens is 493 g/mol. The molecule has 1 N–H and O–H groups in total. The second-order valence-corrected chi connectivity index (χ2v) is 10.7. The Morgan fingerprint density at radius 1 is 1.31 bits per heavy atom. The van der Waals surface area contributed by atoms with Crippen LogP contribution in [-0.4, -0.2) is 62.0 Å². The van der Waals surface area contributed by atoms with Crippen molar-refractivity contribution in [1.82, 2.24) is 9.29 Å². The molecule has 3 atom stereocenters. The second-order valence-electron chi connectivity index (χ2n) is 8.64. The van der Waals surface area contributed by atoms with E-state index in [1.165, 1.54) is 4.68 Å². The van der Waals surface area contributed by atoms with Crippen LogP contribution in [0.1, 0.15) is 38.4 Å². The molecule has 1 aromatic heterocycles. The molecule has 2 unspecified atom stereocenters. The van der Waals surface area contributed by atoms with Crippen molar-refractivity contribution in [3.63, 3.8) is 0 Å². The summed E-state index contributed by atoms with van der Waals surface area (Å²) in [7, 11) is -0.260. The van der Waals surface area contributed by atoms with Crippen molar-refractivity contribution >= 4 is 39.6 Å². The summed E-state index contributed by atoms with van der Waals surface area (Å²) < 4.78 is 49.3. The Hall–Kier alpha value is -3.05. The van der Waals surface area contributed by atoms with Crippen LogP contribution < -0.4 is 4.74 Å². The van der Waals surface area contributed by atoms with E-state index in [-0.39, 0.29) is 33.9 Å². The van der Waals surface area contributed by atoms with Crippen LogP contribution in [0.2, 0.25) is 0 Å². The number of hydrazone groups is 1. The van der Waals surface area contributed by atoms with Gasteiger partial charge in [-0.2, -0.15) is 13.2 Å². The van der Waals surface area contributed by atoms with Gasteiger partial charge < -0.3 is 9.84 Å². The van der Waals surface area contributed by atoms with Gasteiger partial charge in [-0.15, -0.1) is 0 Å². The van der Waals surface area contributed by atoms with Gasteiger partial charge in [0.05, 0.1) is 24.5 Å². The molecule has 4 rings (SSSR count). The Balaban J connectivity index is 1.62. The Bertz CT molecular complexity index is 1240. The number of fused-ring (bicyclic) bond motifs is 1. The first-order valence-corrected chi connectivity index (χ1v) is 12.9. The third-order valence-electron chi connectivity index (χ3n) is 6.12. The van der Waals surface area contributed by atoms with Gasteiger partial charge in [0, 0.05) is 35.3 Å². The van der Waals surface area contributed by atoms with Crippen molar-refractivity contribution in [3.8, 4) is 5.75 Å². The molecule has 2 aliphatic rings. The molecule has 36 heavy (non-hydrogen) atoms. The van der Waals surface area contributed by atoms with Gasteiger partial charge in [-0.1, -0.05) is 22.3 Å². The number of hydrogen-bond donors (Lipinski definition) is 1. The first kappa shape index (κ1) is 26.0. The lowest BCUT2D eigenvalue weighted by molar-refractivity contribution is -0.438. The number of carboxylic acid groups (broad SMARTS) is 1. The predicted octanol–water partition coefficient (Wildman–Crippen LogP) is 5.04. The van der Waals surface area contributed by atoms with Gasteiger partial charge in [-0.05, 0) is 49.4 Å². The maximum atomic E-state index is 13.3. The number of carbonyl (C=O) groups is 1. The number of hydrogen-bond acceptors (Lipinski definition) is 5. The first-order valence-electron chi connectivity index (χ1n) is 11.6. The van der Waals surface area contributed by atoms with Crippen LogP contribution in [0.4, 0.5) is 18.9 Å². The Kier molecular flexibility index (Phi) is 7.60. The number of nitrogens with zero attached hydrogens (tertiary/aromatic N) is 4. The molecule has 0 radical (unpaired) electrons. The standard InChI is InChI=1S/C25H27F3N4O3S/c1-4-35-18-6-8-19(9-7-18)36(5-2)31-13-16(3)17(14-31)15-32-22-11-23(25(26,27)28)29-12-20(22)21(30-32)10-24(33)34/h5-9,11-12,15-17H,4,10,13-14H2,1-3H3/p+1/b32-15-/t16-,17?,36?/m1/s1. The average molecular weight is 522 g/mol. The smallest absolute Gasteiger partial charge is 0.433 e. The van der Waals surface area contributed by atoms with E-state index in [2.05, 4.69) is 38.8 Å². The van der Waals surface area contributed by atoms with E-state index in [0.29, 0.717) is 18.7 Å². The summed E-state index contributed by atoms with van der Waals surface area (Å²) in [6.07, 6.45) is -2.14. The minimum Gasteiger partial charge on any atom is -0.494 e. The number of ether oxygens (including phenoxy) is 1. The molecule has 192 valence electrons. The SMILES string of the molecule is C/C=S(\c1ccc(OCC)cc1)N1CC(/C=[N+]2\N=C(CC(=O)O)c3cnc(C(F)(F)F)cc32)[C@H](C)C1. The summed E-state index contributed by atoms with van der Waals surface area (Å²) in [5.41, 5.74) is -0.342. The van der Waals surface area contributed by atoms with Gasteiger partial charge in [0.2, 0.25) is 0 Å². The minimum absolute atomic E-state index is 0.00549. The molecular formula is C25H28F3N4O3S+. The zero-order chi connectivity index (χ0) is 26.0. The maximum absolute atomic E-state index is 13.3. The Morgan fingerprint density at radius 3 is 2.64 bits per heavy atom. The second kappa shape index (κ2) is 10.5. The van der Waals surface area contributed by atoms with Gasteiger partial charge in [-0.3, -0.25) is 14.1 Å². The summed E-state index contributed by atoms with van der Waals surface area (Å²) in [5, 5.41) is 15.8. The maximum Gasteiger partial charge on any atom is 0.433 e. The molecule has 3 heterocycles. The van der Waals surface area contributed by atoms with Crippen LogP contribution in [0.15, 0.2) is 46.5 Å². The van der Waals surface area contributed by atoms with Crippen LogP contribution in [0.3, 0.4) is 0 Å². The van der Waals surface area contributed by atoms with Crippen molar-refractivity contribution in [2.24, 2.45) is 16.9 Å². The molecule has 1 aromatic carbocycles. The van der Waals surface area contributed by atoms with Crippen molar-refractivity contribution in [2.45, 2.75) is 38.3 Å². The van der Waals surface area contributed by atoms with E-state index in [0.717, 1.165) is 29.5 Å². The fourth-order valence-electron chi connectivity index (χ4n) is 4.40. The average Bonchev–Trinajstić information content (AvgIpc) is 3.34. The molecule has 0 spiro atoms. The number of rotatable bonds is 7. The number of aliphatic carboxylic acids is 1. The Morgan fingerprint density at radius 2 is 2.03 bits per heavy atom. The van der Waals surface area contributed by atoms with Gasteiger partial charge >= 0.3 is 12.1 Å². The van der Waals surface area contributed by atoms with E-state index in [9.17, 15) is 23.1 Å². The highest BCUT2D eigenvalue weighted by Crippen LogP contribution is 2.39. The molecule has 0 aliphatic carbocycles. The highest BCUT2D eigenvalue weighted by atomic mass is 32.2. The monoisotopic (exact) mass is 521 g/mol. The molecule has 2 aromatic rings. The van der Waals surface area contributed by atoms with Crippen molar-refractivity contribution in [2.75, 3.05) is 19.7 Å². The highest BCUT2D eigenvalue weighted by Gasteiger charge is 2.40. The molecule has 7 nitrogen and oxygen atoms in total. The lowest BCUT2D eigenvalue weighted by Crippen LogP contribution is -2.17. The van der Waals surface area contributed by atoms with Crippen molar-refractivity contribution in [1.29, 1.82) is 0 Å². The summed E-state index contributed by atoms with van der Waals surface area (Å²) in [6.45, 7) is 8.15. The van der Waals surface area contributed by atoms with Gasteiger partial charge in [-0.25, -0.2) is 0 Å². The summed E-state index contributed by atoms with van der Waals surface area (Å²) in [5.74, 6) is -0.0724. The normalized spacial score (nSPS) is 22.1. The largest absolute Gasteiger partial charge is 0.494 e. The lowest BCUT2D eigenvalue weighted by atomic mass is 9.99. The molecule has 2 aliphatic heterocycles. The number of pyridine rings is 1. The van der Waals surface area contributed by atoms with Crippen LogP contribution >= 0.6 is 10.7 Å². The molecule has 0 bridgehead atoms. The third-order valence-corrected chi connectivity index (χ3v) is 8.18.